The predicted molar refractivity (Wildman–Crippen MR) is 91.3 cm³/mol. The third-order valence-corrected chi connectivity index (χ3v) is 5.33. The maximum absolute atomic E-state index is 11.8. The van der Waals surface area contributed by atoms with Gasteiger partial charge in [-0.2, -0.15) is 5.10 Å². The standard InChI is InChI=1S/C17H25N5O3/c1-13(23)20-5-6-25-16(12-20)11-19-8-15(9-19)22-10-14(7-18-22)21-4-2-3-17(21)24/h7,10,15-16H,2-6,8-9,11-12H2,1H3. The molecule has 0 saturated carbocycles. The largest absolute Gasteiger partial charge is 0.373 e. The summed E-state index contributed by atoms with van der Waals surface area (Å²) in [6.45, 7) is 7.10. The van der Waals surface area contributed by atoms with E-state index in [0.29, 0.717) is 32.2 Å². The van der Waals surface area contributed by atoms with E-state index in [1.165, 1.54) is 0 Å². The molecule has 3 fully saturated rings. The van der Waals surface area contributed by atoms with E-state index >= 15 is 0 Å². The fourth-order valence-corrected chi connectivity index (χ4v) is 3.85. The van der Waals surface area contributed by atoms with E-state index in [1.54, 1.807) is 13.1 Å². The maximum Gasteiger partial charge on any atom is 0.227 e. The number of morpholine rings is 1. The molecule has 0 N–H and O–H groups in total. The van der Waals surface area contributed by atoms with Gasteiger partial charge in [0.05, 0.1) is 30.6 Å². The van der Waals surface area contributed by atoms with Crippen molar-refractivity contribution >= 4 is 17.5 Å². The van der Waals surface area contributed by atoms with Crippen LogP contribution in [0.3, 0.4) is 0 Å². The highest BCUT2D eigenvalue weighted by molar-refractivity contribution is 5.95. The molecule has 0 aromatic carbocycles. The lowest BCUT2D eigenvalue weighted by molar-refractivity contribution is -0.137. The Kier molecular flexibility index (Phi) is 4.47. The average molecular weight is 347 g/mol. The summed E-state index contributed by atoms with van der Waals surface area (Å²) in [6.07, 6.45) is 5.44. The average Bonchev–Trinajstić information content (AvgIpc) is 3.19. The molecule has 0 radical (unpaired) electrons. The molecule has 0 bridgehead atoms. The molecule has 136 valence electrons. The van der Waals surface area contributed by atoms with Crippen LogP contribution >= 0.6 is 0 Å². The van der Waals surface area contributed by atoms with E-state index in [1.807, 2.05) is 20.7 Å². The molecule has 1 atom stereocenters. The summed E-state index contributed by atoms with van der Waals surface area (Å²) in [5.74, 6) is 0.314. The van der Waals surface area contributed by atoms with Crippen LogP contribution in [-0.4, -0.2) is 83.4 Å². The summed E-state index contributed by atoms with van der Waals surface area (Å²) >= 11 is 0. The number of amides is 2. The van der Waals surface area contributed by atoms with Crippen LogP contribution in [0.2, 0.25) is 0 Å². The molecular weight excluding hydrogens is 322 g/mol. The molecule has 8 heteroatoms. The van der Waals surface area contributed by atoms with Gasteiger partial charge >= 0.3 is 0 Å². The minimum Gasteiger partial charge on any atom is -0.373 e. The highest BCUT2D eigenvalue weighted by atomic mass is 16.5. The minimum atomic E-state index is 0.0917. The van der Waals surface area contributed by atoms with Crippen LogP contribution in [0, 0.1) is 0 Å². The van der Waals surface area contributed by atoms with E-state index in [-0.39, 0.29) is 17.9 Å². The van der Waals surface area contributed by atoms with Gasteiger partial charge in [-0.05, 0) is 6.42 Å². The second-order valence-corrected chi connectivity index (χ2v) is 7.16. The molecule has 8 nitrogen and oxygen atoms in total. The molecular formula is C17H25N5O3. The van der Waals surface area contributed by atoms with Crippen LogP contribution in [0.1, 0.15) is 25.8 Å². The van der Waals surface area contributed by atoms with E-state index in [2.05, 4.69) is 10.00 Å². The lowest BCUT2D eigenvalue weighted by Gasteiger charge is -2.42. The number of anilines is 1. The Bertz CT molecular complexity index is 654. The Hall–Kier alpha value is -1.93. The summed E-state index contributed by atoms with van der Waals surface area (Å²) in [5, 5.41) is 4.45. The molecule has 3 saturated heterocycles. The van der Waals surface area contributed by atoms with Gasteiger partial charge in [0.25, 0.3) is 0 Å². The highest BCUT2D eigenvalue weighted by Gasteiger charge is 2.33. The first-order valence-electron chi connectivity index (χ1n) is 9.04. The molecule has 4 heterocycles. The third kappa shape index (κ3) is 3.41. The zero-order valence-electron chi connectivity index (χ0n) is 14.6. The van der Waals surface area contributed by atoms with Crippen molar-refractivity contribution in [2.75, 3.05) is 50.8 Å². The minimum absolute atomic E-state index is 0.0917. The van der Waals surface area contributed by atoms with E-state index in [4.69, 9.17) is 4.74 Å². The van der Waals surface area contributed by atoms with Gasteiger partial charge < -0.3 is 14.5 Å². The fourth-order valence-electron chi connectivity index (χ4n) is 3.85. The predicted octanol–water partition coefficient (Wildman–Crippen LogP) is 0.114. The monoisotopic (exact) mass is 347 g/mol. The van der Waals surface area contributed by atoms with Crippen molar-refractivity contribution < 1.29 is 14.3 Å². The quantitative estimate of drug-likeness (QED) is 0.773. The van der Waals surface area contributed by atoms with Crippen molar-refractivity contribution in [3.8, 4) is 0 Å². The number of hydrogen-bond donors (Lipinski definition) is 0. The molecule has 4 rings (SSSR count). The van der Waals surface area contributed by atoms with Gasteiger partial charge in [0, 0.05) is 58.8 Å². The van der Waals surface area contributed by atoms with Gasteiger partial charge in [0.2, 0.25) is 11.8 Å². The second-order valence-electron chi connectivity index (χ2n) is 7.16. The topological polar surface area (TPSA) is 70.9 Å². The summed E-state index contributed by atoms with van der Waals surface area (Å²) in [6, 6.07) is 0.346. The van der Waals surface area contributed by atoms with Crippen LogP contribution in [-0.2, 0) is 14.3 Å². The number of carbonyl (C=O) groups excluding carboxylic acids is 2. The van der Waals surface area contributed by atoms with E-state index in [0.717, 1.165) is 38.3 Å². The van der Waals surface area contributed by atoms with Gasteiger partial charge in [-0.15, -0.1) is 0 Å². The van der Waals surface area contributed by atoms with Gasteiger partial charge in [0.1, 0.15) is 0 Å². The SMILES string of the molecule is CC(=O)N1CCOC(CN2CC(n3cc(N4CCCC4=O)cn3)C2)C1. The summed E-state index contributed by atoms with van der Waals surface area (Å²) in [7, 11) is 0. The summed E-state index contributed by atoms with van der Waals surface area (Å²) in [5.41, 5.74) is 0.911. The Morgan fingerprint density at radius 2 is 2.16 bits per heavy atom. The van der Waals surface area contributed by atoms with Gasteiger partial charge in [-0.3, -0.25) is 19.2 Å². The Morgan fingerprint density at radius 3 is 2.88 bits per heavy atom. The van der Waals surface area contributed by atoms with Crippen molar-refractivity contribution in [2.24, 2.45) is 0 Å². The van der Waals surface area contributed by atoms with Crippen molar-refractivity contribution in [3.63, 3.8) is 0 Å². The van der Waals surface area contributed by atoms with Crippen LogP contribution in [0.5, 0.6) is 0 Å². The van der Waals surface area contributed by atoms with Crippen LogP contribution in [0.15, 0.2) is 12.4 Å². The number of rotatable bonds is 4. The molecule has 25 heavy (non-hydrogen) atoms. The van der Waals surface area contributed by atoms with E-state index < -0.39 is 0 Å². The van der Waals surface area contributed by atoms with Gasteiger partial charge in [0.15, 0.2) is 0 Å². The number of likely N-dealkylation sites (tertiary alicyclic amines) is 1. The van der Waals surface area contributed by atoms with Crippen molar-refractivity contribution in [2.45, 2.75) is 31.9 Å². The molecule has 1 aromatic heterocycles. The Morgan fingerprint density at radius 1 is 1.32 bits per heavy atom. The first-order chi connectivity index (χ1) is 12.1. The number of aromatic nitrogens is 2. The van der Waals surface area contributed by atoms with Crippen molar-refractivity contribution in [1.82, 2.24) is 19.6 Å². The zero-order valence-corrected chi connectivity index (χ0v) is 14.6. The molecule has 3 aliphatic rings. The first-order valence-corrected chi connectivity index (χ1v) is 9.04. The summed E-state index contributed by atoms with van der Waals surface area (Å²) in [4.78, 5) is 29.3. The van der Waals surface area contributed by atoms with Crippen molar-refractivity contribution in [3.05, 3.63) is 12.4 Å². The van der Waals surface area contributed by atoms with Crippen LogP contribution < -0.4 is 4.90 Å². The van der Waals surface area contributed by atoms with Gasteiger partial charge in [-0.1, -0.05) is 0 Å². The molecule has 1 unspecified atom stereocenters. The molecule has 3 aliphatic heterocycles. The molecule has 2 amide bonds. The Labute approximate surface area is 147 Å². The molecule has 1 aromatic rings. The third-order valence-electron chi connectivity index (χ3n) is 5.33. The zero-order chi connectivity index (χ0) is 17.4. The van der Waals surface area contributed by atoms with Crippen LogP contribution in [0.25, 0.3) is 0 Å². The smallest absolute Gasteiger partial charge is 0.227 e. The van der Waals surface area contributed by atoms with Crippen molar-refractivity contribution in [1.29, 1.82) is 0 Å². The molecule has 0 spiro atoms. The lowest BCUT2D eigenvalue weighted by Crippen LogP contribution is -2.55. The first kappa shape index (κ1) is 16.5. The lowest BCUT2D eigenvalue weighted by atomic mass is 10.1. The number of nitrogens with zero attached hydrogens (tertiary/aromatic N) is 5. The van der Waals surface area contributed by atoms with Gasteiger partial charge in [-0.25, -0.2) is 0 Å². The normalized spacial score (nSPS) is 25.5. The Balaban J connectivity index is 1.27. The number of hydrogen-bond acceptors (Lipinski definition) is 5. The second kappa shape index (κ2) is 6.76. The highest BCUT2D eigenvalue weighted by Crippen LogP contribution is 2.26. The van der Waals surface area contributed by atoms with E-state index in [9.17, 15) is 9.59 Å². The number of ether oxygens (including phenoxy) is 1. The summed E-state index contributed by atoms with van der Waals surface area (Å²) < 4.78 is 7.76. The van der Waals surface area contributed by atoms with Crippen LogP contribution in [0.4, 0.5) is 5.69 Å². The maximum atomic E-state index is 11.8. The molecule has 0 aliphatic carbocycles. The number of carbonyl (C=O) groups is 2. The fraction of sp³-hybridized carbons (Fsp3) is 0.706.